The average molecular weight is 352 g/mol. The smallest absolute Gasteiger partial charge is 0.191 e. The normalized spacial score (nSPS) is 28.0. The maximum Gasteiger partial charge on any atom is 0.191 e. The monoisotopic (exact) mass is 351 g/mol. The highest BCUT2D eigenvalue weighted by atomic mass is 15.2. The Labute approximate surface area is 155 Å². The van der Waals surface area contributed by atoms with E-state index in [1.165, 1.54) is 32.1 Å². The molecule has 146 valence electrons. The lowest BCUT2D eigenvalue weighted by molar-refractivity contribution is 0.0526. The number of hydrogen-bond acceptors (Lipinski definition) is 3. The van der Waals surface area contributed by atoms with Crippen molar-refractivity contribution in [3.8, 4) is 0 Å². The summed E-state index contributed by atoms with van der Waals surface area (Å²) in [5.41, 5.74) is 0. The first kappa shape index (κ1) is 20.5. The van der Waals surface area contributed by atoms with Crippen LogP contribution >= 0.6 is 0 Å². The fourth-order valence-corrected chi connectivity index (χ4v) is 4.70. The van der Waals surface area contributed by atoms with Gasteiger partial charge in [0.15, 0.2) is 5.96 Å². The van der Waals surface area contributed by atoms with Crippen LogP contribution in [-0.2, 0) is 0 Å². The van der Waals surface area contributed by atoms with Gasteiger partial charge in [0, 0.05) is 50.3 Å². The van der Waals surface area contributed by atoms with Crippen molar-refractivity contribution >= 4 is 5.96 Å². The molecule has 25 heavy (non-hydrogen) atoms. The molecule has 2 atom stereocenters. The average Bonchev–Trinajstić information content (AvgIpc) is 2.53. The van der Waals surface area contributed by atoms with E-state index in [9.17, 15) is 0 Å². The van der Waals surface area contributed by atoms with E-state index in [4.69, 9.17) is 0 Å². The summed E-state index contributed by atoms with van der Waals surface area (Å²) in [7, 11) is 4.20. The van der Waals surface area contributed by atoms with Crippen LogP contribution in [0.3, 0.4) is 0 Å². The van der Waals surface area contributed by atoms with Crippen LogP contribution in [-0.4, -0.2) is 73.2 Å². The summed E-state index contributed by atoms with van der Waals surface area (Å²) in [5, 5.41) is 7.21. The quantitative estimate of drug-likeness (QED) is 0.420. The molecule has 2 aliphatic rings. The van der Waals surface area contributed by atoms with Gasteiger partial charge in [0.05, 0.1) is 0 Å². The molecule has 0 spiro atoms. The molecule has 2 aliphatic heterocycles. The number of rotatable bonds is 7. The van der Waals surface area contributed by atoms with Gasteiger partial charge in [-0.15, -0.1) is 0 Å². The van der Waals surface area contributed by atoms with E-state index in [1.54, 1.807) is 0 Å². The van der Waals surface area contributed by atoms with Crippen molar-refractivity contribution in [2.75, 3.05) is 27.2 Å². The molecule has 0 saturated carbocycles. The van der Waals surface area contributed by atoms with Crippen LogP contribution in [0, 0.1) is 0 Å². The summed E-state index contributed by atoms with van der Waals surface area (Å²) in [4.78, 5) is 9.62. The molecule has 5 heteroatoms. The fraction of sp³-hybridized carbons (Fsp3) is 0.950. The maximum atomic E-state index is 4.45. The van der Waals surface area contributed by atoms with E-state index in [0.717, 1.165) is 37.6 Å². The topological polar surface area (TPSA) is 42.9 Å². The van der Waals surface area contributed by atoms with Crippen LogP contribution in [0.5, 0.6) is 0 Å². The Morgan fingerprint density at radius 2 is 1.72 bits per heavy atom. The summed E-state index contributed by atoms with van der Waals surface area (Å²) in [6.07, 6.45) is 7.77. The summed E-state index contributed by atoms with van der Waals surface area (Å²) in [5.74, 6) is 0.980. The molecular weight excluding hydrogens is 310 g/mol. The van der Waals surface area contributed by atoms with Crippen LogP contribution in [0.15, 0.2) is 4.99 Å². The van der Waals surface area contributed by atoms with Gasteiger partial charge < -0.3 is 15.5 Å². The molecule has 0 amide bonds. The first-order chi connectivity index (χ1) is 11.9. The van der Waals surface area contributed by atoms with Crippen molar-refractivity contribution in [3.63, 3.8) is 0 Å². The van der Waals surface area contributed by atoms with Crippen LogP contribution in [0.4, 0.5) is 0 Å². The minimum absolute atomic E-state index is 0.570. The van der Waals surface area contributed by atoms with Crippen LogP contribution in [0.2, 0.25) is 0 Å². The standard InChI is InChI=1S/C20H41N5/c1-15(2)25(16(3)4)12-8-11-22-20(21-5)23-17-13-18-9-7-10-19(14-17)24(18)6/h15-19H,7-14H2,1-6H3,(H2,21,22,23). The summed E-state index contributed by atoms with van der Waals surface area (Å²) in [6, 6.07) is 3.30. The van der Waals surface area contributed by atoms with Gasteiger partial charge in [-0.3, -0.25) is 9.89 Å². The maximum absolute atomic E-state index is 4.45. The molecular formula is C20H41N5. The second-order valence-corrected chi connectivity index (χ2v) is 8.49. The molecule has 2 bridgehead atoms. The molecule has 0 aromatic carbocycles. The molecule has 2 heterocycles. The molecule has 0 aliphatic carbocycles. The largest absolute Gasteiger partial charge is 0.356 e. The van der Waals surface area contributed by atoms with E-state index in [1.807, 2.05) is 7.05 Å². The Kier molecular flexibility index (Phi) is 8.01. The predicted molar refractivity (Wildman–Crippen MR) is 108 cm³/mol. The Hall–Kier alpha value is -0.810. The van der Waals surface area contributed by atoms with Gasteiger partial charge in [0.1, 0.15) is 0 Å². The summed E-state index contributed by atoms with van der Waals surface area (Å²) < 4.78 is 0. The SMILES string of the molecule is CN=C(NCCCN(C(C)C)C(C)C)NC1CC2CCCC(C1)N2C. The highest BCUT2D eigenvalue weighted by Crippen LogP contribution is 2.32. The molecule has 0 aromatic rings. The molecule has 2 fully saturated rings. The predicted octanol–water partition coefficient (Wildman–Crippen LogP) is 2.68. The van der Waals surface area contributed by atoms with Crippen molar-refractivity contribution in [3.05, 3.63) is 0 Å². The van der Waals surface area contributed by atoms with Crippen LogP contribution < -0.4 is 10.6 Å². The molecule has 2 unspecified atom stereocenters. The Morgan fingerprint density at radius 1 is 1.12 bits per heavy atom. The number of piperidine rings is 2. The van der Waals surface area contributed by atoms with Gasteiger partial charge in [0.2, 0.25) is 0 Å². The molecule has 5 nitrogen and oxygen atoms in total. The Morgan fingerprint density at radius 3 is 2.24 bits per heavy atom. The summed E-state index contributed by atoms with van der Waals surface area (Å²) in [6.45, 7) is 11.2. The van der Waals surface area contributed by atoms with Crippen molar-refractivity contribution in [2.24, 2.45) is 4.99 Å². The van der Waals surface area contributed by atoms with E-state index >= 15 is 0 Å². The molecule has 2 saturated heterocycles. The third-order valence-corrected chi connectivity index (χ3v) is 6.12. The lowest BCUT2D eigenvalue weighted by atomic mass is 9.82. The summed E-state index contributed by atoms with van der Waals surface area (Å²) >= 11 is 0. The number of fused-ring (bicyclic) bond motifs is 2. The number of guanidine groups is 1. The zero-order valence-electron chi connectivity index (χ0n) is 17.4. The second kappa shape index (κ2) is 9.77. The minimum Gasteiger partial charge on any atom is -0.356 e. The fourth-order valence-electron chi connectivity index (χ4n) is 4.70. The number of hydrogen-bond donors (Lipinski definition) is 2. The van der Waals surface area contributed by atoms with Crippen molar-refractivity contribution in [1.82, 2.24) is 20.4 Å². The van der Waals surface area contributed by atoms with E-state index < -0.39 is 0 Å². The van der Waals surface area contributed by atoms with Gasteiger partial charge in [-0.1, -0.05) is 6.42 Å². The van der Waals surface area contributed by atoms with Gasteiger partial charge in [-0.05, 0) is 66.8 Å². The van der Waals surface area contributed by atoms with Crippen molar-refractivity contribution in [2.45, 2.75) is 96.4 Å². The van der Waals surface area contributed by atoms with E-state index in [-0.39, 0.29) is 0 Å². The minimum atomic E-state index is 0.570. The second-order valence-electron chi connectivity index (χ2n) is 8.49. The third kappa shape index (κ3) is 5.85. The zero-order chi connectivity index (χ0) is 18.4. The first-order valence-corrected chi connectivity index (χ1v) is 10.4. The van der Waals surface area contributed by atoms with Gasteiger partial charge in [-0.25, -0.2) is 0 Å². The zero-order valence-corrected chi connectivity index (χ0v) is 17.4. The highest BCUT2D eigenvalue weighted by Gasteiger charge is 2.36. The first-order valence-electron chi connectivity index (χ1n) is 10.4. The Bertz CT molecular complexity index is 398. The van der Waals surface area contributed by atoms with E-state index in [2.05, 4.69) is 60.2 Å². The van der Waals surface area contributed by atoms with Gasteiger partial charge in [0.25, 0.3) is 0 Å². The molecule has 0 aromatic heterocycles. The number of nitrogens with one attached hydrogen (secondary N) is 2. The molecule has 2 rings (SSSR count). The van der Waals surface area contributed by atoms with E-state index in [0.29, 0.717) is 18.1 Å². The van der Waals surface area contributed by atoms with Gasteiger partial charge in [-0.2, -0.15) is 0 Å². The highest BCUT2D eigenvalue weighted by molar-refractivity contribution is 5.79. The van der Waals surface area contributed by atoms with Crippen molar-refractivity contribution < 1.29 is 0 Å². The van der Waals surface area contributed by atoms with Crippen molar-refractivity contribution in [1.29, 1.82) is 0 Å². The third-order valence-electron chi connectivity index (χ3n) is 6.12. The van der Waals surface area contributed by atoms with Crippen LogP contribution in [0.1, 0.15) is 66.2 Å². The lowest BCUT2D eigenvalue weighted by Crippen LogP contribution is -2.56. The van der Waals surface area contributed by atoms with Crippen LogP contribution in [0.25, 0.3) is 0 Å². The van der Waals surface area contributed by atoms with Gasteiger partial charge >= 0.3 is 0 Å². The number of aliphatic imine (C=N–C) groups is 1. The lowest BCUT2D eigenvalue weighted by Gasteiger charge is -2.47. The molecule has 2 N–H and O–H groups in total. The Balaban J connectivity index is 1.72. The molecule has 0 radical (unpaired) electrons. The number of nitrogens with zero attached hydrogens (tertiary/aromatic N) is 3.